The van der Waals surface area contributed by atoms with Gasteiger partial charge in [-0.3, -0.25) is 9.11 Å². The topological polar surface area (TPSA) is 109 Å². The van der Waals surface area contributed by atoms with Crippen LogP contribution >= 0.6 is 0 Å². The van der Waals surface area contributed by atoms with Crippen molar-refractivity contribution in [3.05, 3.63) is 59.7 Å². The molecule has 0 fully saturated rings. The minimum absolute atomic E-state index is 0.0666. The lowest BCUT2D eigenvalue weighted by Crippen LogP contribution is -1.96. The fraction of sp³-hybridized carbons (Fsp3) is 0.333. The Morgan fingerprint density at radius 1 is 0.615 bits per heavy atom. The molecule has 146 valence electrons. The van der Waals surface area contributed by atoms with Crippen molar-refractivity contribution in [3.63, 3.8) is 0 Å². The van der Waals surface area contributed by atoms with E-state index in [1.54, 1.807) is 24.3 Å². The van der Waals surface area contributed by atoms with Crippen molar-refractivity contribution in [1.29, 1.82) is 0 Å². The second-order valence-corrected chi connectivity index (χ2v) is 8.42. The second-order valence-electron chi connectivity index (χ2n) is 5.58. The van der Waals surface area contributed by atoms with Crippen LogP contribution in [0.4, 0.5) is 0 Å². The van der Waals surface area contributed by atoms with Gasteiger partial charge in [-0.05, 0) is 38.1 Å². The maximum absolute atomic E-state index is 10.5. The number of aryl methyl sites for hydroxylation is 2. The molecule has 6 nitrogen and oxygen atoms in total. The van der Waals surface area contributed by atoms with Crippen molar-refractivity contribution < 1.29 is 25.9 Å². The Kier molecular flexibility index (Phi) is 10.3. The van der Waals surface area contributed by atoms with Crippen LogP contribution in [0.25, 0.3) is 0 Å². The number of rotatable bonds is 3. The molecule has 0 atom stereocenters. The fourth-order valence-corrected chi connectivity index (χ4v) is 2.38. The first-order valence-electron chi connectivity index (χ1n) is 8.00. The lowest BCUT2D eigenvalue weighted by Gasteiger charge is -1.95. The van der Waals surface area contributed by atoms with Crippen LogP contribution in [0.3, 0.4) is 0 Å². The third-order valence-electron chi connectivity index (χ3n) is 3.14. The van der Waals surface area contributed by atoms with E-state index in [1.807, 2.05) is 13.8 Å². The normalized spacial score (nSPS) is 10.8. The molecule has 0 saturated heterocycles. The molecule has 2 aromatic rings. The van der Waals surface area contributed by atoms with Crippen LogP contribution in [0.15, 0.2) is 58.3 Å². The van der Waals surface area contributed by atoms with E-state index in [0.29, 0.717) is 0 Å². The molecule has 0 aliphatic carbocycles. The highest BCUT2D eigenvalue weighted by atomic mass is 32.2. The molecule has 0 aliphatic heterocycles. The average molecular weight is 403 g/mol. The van der Waals surface area contributed by atoms with Gasteiger partial charge in [0.2, 0.25) is 0 Å². The van der Waals surface area contributed by atoms with Crippen LogP contribution in [0, 0.1) is 13.8 Å². The van der Waals surface area contributed by atoms with E-state index in [4.69, 9.17) is 9.11 Å². The van der Waals surface area contributed by atoms with E-state index in [-0.39, 0.29) is 9.79 Å². The number of benzene rings is 2. The van der Waals surface area contributed by atoms with Gasteiger partial charge < -0.3 is 0 Å². The molecule has 0 radical (unpaired) electrons. The first-order chi connectivity index (χ1) is 11.9. The molecule has 26 heavy (non-hydrogen) atoms. The molecule has 8 heteroatoms. The molecule has 0 heterocycles. The van der Waals surface area contributed by atoms with Crippen LogP contribution in [0.2, 0.25) is 0 Å². The minimum atomic E-state index is -4.02. The highest BCUT2D eigenvalue weighted by Crippen LogP contribution is 2.09. The lowest BCUT2D eigenvalue weighted by molar-refractivity contribution is 0.481. The molecule has 0 bridgehead atoms. The molecule has 0 saturated carbocycles. The van der Waals surface area contributed by atoms with Gasteiger partial charge in [-0.2, -0.15) is 16.8 Å². The summed E-state index contributed by atoms with van der Waals surface area (Å²) < 4.78 is 59.1. The van der Waals surface area contributed by atoms with E-state index in [9.17, 15) is 16.8 Å². The third-order valence-corrected chi connectivity index (χ3v) is 4.87. The minimum Gasteiger partial charge on any atom is -0.282 e. The molecule has 2 N–H and O–H groups in total. The largest absolute Gasteiger partial charge is 0.294 e. The number of unbranched alkanes of at least 4 members (excludes halogenated alkanes) is 1. The van der Waals surface area contributed by atoms with Crippen molar-refractivity contribution in [2.24, 2.45) is 0 Å². The summed E-state index contributed by atoms with van der Waals surface area (Å²) in [5.74, 6) is 0. The standard InChI is InChI=1S/2C7H8O3S.C4H10/c2*1-6-2-4-7(5-3-6)11(8,9)10;1-3-4-2/h2*2-5H,1H3,(H,8,9,10);3-4H2,1-2H3. The predicted octanol–water partition coefficient (Wildman–Crippen LogP) is 4.29. The second kappa shape index (κ2) is 11.1. The zero-order valence-electron chi connectivity index (χ0n) is 15.4. The van der Waals surface area contributed by atoms with Crippen LogP contribution in [-0.4, -0.2) is 25.9 Å². The summed E-state index contributed by atoms with van der Waals surface area (Å²) in [6, 6.07) is 12.0. The molecule has 0 spiro atoms. The van der Waals surface area contributed by atoms with Crippen molar-refractivity contribution >= 4 is 20.2 Å². The quantitative estimate of drug-likeness (QED) is 0.741. The fourth-order valence-electron chi connectivity index (χ4n) is 1.42. The molecular formula is C18H26O6S2. The van der Waals surface area contributed by atoms with Crippen LogP contribution in [0.5, 0.6) is 0 Å². The monoisotopic (exact) mass is 402 g/mol. The predicted molar refractivity (Wildman–Crippen MR) is 103 cm³/mol. The molecule has 0 aromatic heterocycles. The Bertz CT molecular complexity index is 777. The van der Waals surface area contributed by atoms with Crippen molar-refractivity contribution in [3.8, 4) is 0 Å². The van der Waals surface area contributed by atoms with E-state index < -0.39 is 20.2 Å². The van der Waals surface area contributed by atoms with Gasteiger partial charge in [-0.25, -0.2) is 0 Å². The highest BCUT2D eigenvalue weighted by Gasteiger charge is 2.07. The average Bonchev–Trinajstić information content (AvgIpc) is 2.55. The molecule has 2 aromatic carbocycles. The summed E-state index contributed by atoms with van der Waals surface area (Å²) >= 11 is 0. The van der Waals surface area contributed by atoms with Gasteiger partial charge in [0.25, 0.3) is 20.2 Å². The Morgan fingerprint density at radius 2 is 0.846 bits per heavy atom. The van der Waals surface area contributed by atoms with E-state index in [1.165, 1.54) is 37.1 Å². The van der Waals surface area contributed by atoms with Crippen molar-refractivity contribution in [2.75, 3.05) is 0 Å². The van der Waals surface area contributed by atoms with Crippen LogP contribution in [-0.2, 0) is 20.2 Å². The summed E-state index contributed by atoms with van der Waals surface area (Å²) in [4.78, 5) is -0.133. The molecule has 0 amide bonds. The highest BCUT2D eigenvalue weighted by molar-refractivity contribution is 7.86. The van der Waals surface area contributed by atoms with Gasteiger partial charge in [-0.1, -0.05) is 62.1 Å². The zero-order valence-corrected chi connectivity index (χ0v) is 17.0. The molecule has 0 unspecified atom stereocenters. The van der Waals surface area contributed by atoms with Gasteiger partial charge in [0.05, 0.1) is 9.79 Å². The maximum Gasteiger partial charge on any atom is 0.294 e. The molecule has 0 aliphatic rings. The Balaban J connectivity index is 0.000000401. The van der Waals surface area contributed by atoms with Gasteiger partial charge in [0.15, 0.2) is 0 Å². The first-order valence-corrected chi connectivity index (χ1v) is 10.9. The number of hydrogen-bond acceptors (Lipinski definition) is 4. The SMILES string of the molecule is CCCC.Cc1ccc(S(=O)(=O)O)cc1.Cc1ccc(S(=O)(=O)O)cc1. The summed E-state index contributed by atoms with van der Waals surface area (Å²) in [5.41, 5.74) is 1.91. The Morgan fingerprint density at radius 3 is 1.00 bits per heavy atom. The van der Waals surface area contributed by atoms with Gasteiger partial charge in [0.1, 0.15) is 0 Å². The van der Waals surface area contributed by atoms with E-state index in [2.05, 4.69) is 13.8 Å². The van der Waals surface area contributed by atoms with Crippen molar-refractivity contribution in [1.82, 2.24) is 0 Å². The molecule has 2 rings (SSSR count). The van der Waals surface area contributed by atoms with Crippen LogP contribution in [0.1, 0.15) is 37.8 Å². The smallest absolute Gasteiger partial charge is 0.282 e. The summed E-state index contributed by atoms with van der Waals surface area (Å²) in [6.07, 6.45) is 2.64. The van der Waals surface area contributed by atoms with Gasteiger partial charge in [0, 0.05) is 0 Å². The van der Waals surface area contributed by atoms with E-state index in [0.717, 1.165) is 11.1 Å². The Labute approximate surface area is 156 Å². The van der Waals surface area contributed by atoms with Gasteiger partial charge in [-0.15, -0.1) is 0 Å². The maximum atomic E-state index is 10.5. The summed E-state index contributed by atoms with van der Waals surface area (Å²) in [7, 11) is -8.04. The molecular weight excluding hydrogens is 376 g/mol. The third kappa shape index (κ3) is 10.3. The Hall–Kier alpha value is -1.74. The van der Waals surface area contributed by atoms with Crippen LogP contribution < -0.4 is 0 Å². The number of hydrogen-bond donors (Lipinski definition) is 2. The van der Waals surface area contributed by atoms with E-state index >= 15 is 0 Å². The zero-order chi connectivity index (χ0) is 20.4. The van der Waals surface area contributed by atoms with Crippen molar-refractivity contribution in [2.45, 2.75) is 50.3 Å². The van der Waals surface area contributed by atoms with Gasteiger partial charge >= 0.3 is 0 Å². The first kappa shape index (κ1) is 24.3. The summed E-state index contributed by atoms with van der Waals surface area (Å²) in [5, 5.41) is 0. The summed E-state index contributed by atoms with van der Waals surface area (Å²) in [6.45, 7) is 8.04. The lowest BCUT2D eigenvalue weighted by atomic mass is 10.2.